The van der Waals surface area contributed by atoms with E-state index in [2.05, 4.69) is 5.16 Å². The van der Waals surface area contributed by atoms with Crippen LogP contribution in [0.5, 0.6) is 11.5 Å². The molecule has 0 bridgehead atoms. The molecular weight excluding hydrogens is 344 g/mol. The van der Waals surface area contributed by atoms with E-state index in [1.165, 1.54) is 0 Å². The highest BCUT2D eigenvalue weighted by molar-refractivity contribution is 6.06. The molecule has 3 aromatic rings. The van der Waals surface area contributed by atoms with E-state index in [-0.39, 0.29) is 18.2 Å². The van der Waals surface area contributed by atoms with Crippen molar-refractivity contribution in [3.8, 4) is 22.8 Å². The van der Waals surface area contributed by atoms with Crippen molar-refractivity contribution >= 4 is 11.6 Å². The van der Waals surface area contributed by atoms with Crippen molar-refractivity contribution in [2.45, 2.75) is 20.5 Å². The predicted octanol–water partition coefficient (Wildman–Crippen LogP) is 4.30. The minimum absolute atomic E-state index is 0.213. The van der Waals surface area contributed by atoms with Crippen LogP contribution in [-0.2, 0) is 6.61 Å². The van der Waals surface area contributed by atoms with Gasteiger partial charge in [-0.25, -0.2) is 0 Å². The fraction of sp³-hybridized carbons (Fsp3) is 0.238. The van der Waals surface area contributed by atoms with Gasteiger partial charge in [0.1, 0.15) is 18.1 Å². The first kappa shape index (κ1) is 17.1. The molecule has 2 aromatic carbocycles. The molecule has 0 unspecified atom stereocenters. The van der Waals surface area contributed by atoms with Crippen molar-refractivity contribution in [1.29, 1.82) is 0 Å². The summed E-state index contributed by atoms with van der Waals surface area (Å²) in [5.41, 5.74) is 2.56. The van der Waals surface area contributed by atoms with Crippen molar-refractivity contribution in [3.05, 3.63) is 59.8 Å². The molecular formula is C21H20N2O4. The number of rotatable bonds is 5. The molecule has 1 aliphatic rings. The lowest BCUT2D eigenvalue weighted by atomic mass is 10.0. The second kappa shape index (κ2) is 7.15. The lowest BCUT2D eigenvalue weighted by Crippen LogP contribution is -2.31. The molecule has 0 fully saturated rings. The molecule has 1 aromatic heterocycles. The van der Waals surface area contributed by atoms with E-state index in [9.17, 15) is 4.79 Å². The molecule has 138 valence electrons. The maximum Gasteiger partial charge on any atom is 0.280 e. The Morgan fingerprint density at radius 3 is 2.67 bits per heavy atom. The average Bonchev–Trinajstić information content (AvgIpc) is 3.14. The normalized spacial score (nSPS) is 11.9. The molecule has 0 N–H and O–H groups in total. The third-order valence-electron chi connectivity index (χ3n) is 4.52. The van der Waals surface area contributed by atoms with Gasteiger partial charge in [0.15, 0.2) is 11.5 Å². The fourth-order valence-electron chi connectivity index (χ4n) is 3.21. The van der Waals surface area contributed by atoms with E-state index in [1.54, 1.807) is 4.90 Å². The van der Waals surface area contributed by atoms with Crippen molar-refractivity contribution in [2.75, 3.05) is 18.1 Å². The van der Waals surface area contributed by atoms with Crippen LogP contribution in [0.25, 0.3) is 11.3 Å². The Morgan fingerprint density at radius 1 is 1.15 bits per heavy atom. The monoisotopic (exact) mass is 364 g/mol. The number of hydrogen-bond acceptors (Lipinski definition) is 5. The van der Waals surface area contributed by atoms with Gasteiger partial charge in [0.2, 0.25) is 0 Å². The summed E-state index contributed by atoms with van der Waals surface area (Å²) in [5.74, 6) is 1.89. The van der Waals surface area contributed by atoms with Gasteiger partial charge in [-0.05, 0) is 50.2 Å². The van der Waals surface area contributed by atoms with Crippen LogP contribution in [-0.4, -0.2) is 24.2 Å². The molecule has 2 heterocycles. The van der Waals surface area contributed by atoms with Gasteiger partial charge in [0, 0.05) is 12.2 Å². The number of amides is 1. The molecule has 6 nitrogen and oxygen atoms in total. The standard InChI is InChI=1S/C21H20N2O4/c1-3-23(14-9-11-15(12-10-14)25-4-2)21(24)19-17-13-26-18-8-6-5-7-16(18)20(17)27-22-19/h5-12H,3-4,13H2,1-2H3. The molecule has 0 spiro atoms. The molecule has 6 heteroatoms. The zero-order chi connectivity index (χ0) is 18.8. The molecule has 0 aliphatic carbocycles. The largest absolute Gasteiger partial charge is 0.494 e. The highest BCUT2D eigenvalue weighted by atomic mass is 16.5. The third-order valence-corrected chi connectivity index (χ3v) is 4.52. The highest BCUT2D eigenvalue weighted by Crippen LogP contribution is 2.39. The Kier molecular flexibility index (Phi) is 4.54. The zero-order valence-electron chi connectivity index (χ0n) is 15.3. The van der Waals surface area contributed by atoms with Crippen LogP contribution in [0.3, 0.4) is 0 Å². The van der Waals surface area contributed by atoms with Crippen molar-refractivity contribution in [2.24, 2.45) is 0 Å². The van der Waals surface area contributed by atoms with E-state index in [0.717, 1.165) is 22.7 Å². The van der Waals surface area contributed by atoms with Gasteiger partial charge in [-0.15, -0.1) is 0 Å². The fourth-order valence-corrected chi connectivity index (χ4v) is 3.21. The van der Waals surface area contributed by atoms with E-state index >= 15 is 0 Å². The molecule has 1 amide bonds. The van der Waals surface area contributed by atoms with E-state index in [0.29, 0.717) is 24.5 Å². The number of benzene rings is 2. The van der Waals surface area contributed by atoms with Crippen LogP contribution in [0, 0.1) is 0 Å². The summed E-state index contributed by atoms with van der Waals surface area (Å²) in [4.78, 5) is 14.8. The summed E-state index contributed by atoms with van der Waals surface area (Å²) in [6.07, 6.45) is 0. The lowest BCUT2D eigenvalue weighted by Gasteiger charge is -2.21. The lowest BCUT2D eigenvalue weighted by molar-refractivity contribution is 0.0977. The van der Waals surface area contributed by atoms with Crippen molar-refractivity contribution in [3.63, 3.8) is 0 Å². The number of carbonyl (C=O) groups is 1. The summed E-state index contributed by atoms with van der Waals surface area (Å²) < 4.78 is 16.8. The Labute approximate surface area is 157 Å². The molecule has 27 heavy (non-hydrogen) atoms. The number of fused-ring (bicyclic) bond motifs is 3. The quantitative estimate of drug-likeness (QED) is 0.675. The van der Waals surface area contributed by atoms with Gasteiger partial charge in [-0.2, -0.15) is 0 Å². The van der Waals surface area contributed by atoms with Gasteiger partial charge in [0.25, 0.3) is 5.91 Å². The van der Waals surface area contributed by atoms with Crippen LogP contribution in [0.2, 0.25) is 0 Å². The minimum Gasteiger partial charge on any atom is -0.494 e. The number of carbonyl (C=O) groups excluding carboxylic acids is 1. The Hall–Kier alpha value is -3.28. The molecule has 0 saturated carbocycles. The predicted molar refractivity (Wildman–Crippen MR) is 101 cm³/mol. The van der Waals surface area contributed by atoms with Crippen molar-refractivity contribution < 1.29 is 18.8 Å². The van der Waals surface area contributed by atoms with Gasteiger partial charge in [-0.1, -0.05) is 17.3 Å². The first-order chi connectivity index (χ1) is 13.2. The van der Waals surface area contributed by atoms with Crippen LogP contribution in [0.4, 0.5) is 5.69 Å². The van der Waals surface area contributed by atoms with Crippen LogP contribution >= 0.6 is 0 Å². The first-order valence-electron chi connectivity index (χ1n) is 8.98. The number of nitrogens with zero attached hydrogens (tertiary/aromatic N) is 2. The average molecular weight is 364 g/mol. The SMILES string of the molecule is CCOc1ccc(N(CC)C(=O)c2noc3c2COc2ccccc2-3)cc1. The number of aromatic nitrogens is 1. The summed E-state index contributed by atoms with van der Waals surface area (Å²) in [6.45, 7) is 5.22. The van der Waals surface area contributed by atoms with Gasteiger partial charge < -0.3 is 18.9 Å². The summed E-state index contributed by atoms with van der Waals surface area (Å²) >= 11 is 0. The molecule has 0 saturated heterocycles. The molecule has 0 radical (unpaired) electrons. The maximum atomic E-state index is 13.1. The van der Waals surface area contributed by atoms with Crippen molar-refractivity contribution in [1.82, 2.24) is 5.16 Å². The number of ether oxygens (including phenoxy) is 2. The van der Waals surface area contributed by atoms with Crippen LogP contribution in [0.1, 0.15) is 29.9 Å². The van der Waals surface area contributed by atoms with Crippen LogP contribution < -0.4 is 14.4 Å². The molecule has 0 atom stereocenters. The maximum absolute atomic E-state index is 13.1. The second-order valence-corrected chi connectivity index (χ2v) is 6.10. The zero-order valence-corrected chi connectivity index (χ0v) is 15.3. The highest BCUT2D eigenvalue weighted by Gasteiger charge is 2.31. The van der Waals surface area contributed by atoms with Gasteiger partial charge in [0.05, 0.1) is 17.7 Å². The number of para-hydroxylation sites is 1. The second-order valence-electron chi connectivity index (χ2n) is 6.10. The number of hydrogen-bond donors (Lipinski definition) is 0. The Bertz CT molecular complexity index is 963. The van der Waals surface area contributed by atoms with Crippen LogP contribution in [0.15, 0.2) is 53.1 Å². The van der Waals surface area contributed by atoms with Gasteiger partial charge >= 0.3 is 0 Å². The molecule has 1 aliphatic heterocycles. The Morgan fingerprint density at radius 2 is 1.93 bits per heavy atom. The molecule has 4 rings (SSSR count). The number of anilines is 1. The topological polar surface area (TPSA) is 64.8 Å². The van der Waals surface area contributed by atoms with E-state index < -0.39 is 0 Å². The summed E-state index contributed by atoms with van der Waals surface area (Å²) in [7, 11) is 0. The van der Waals surface area contributed by atoms with E-state index in [1.807, 2.05) is 62.4 Å². The summed E-state index contributed by atoms with van der Waals surface area (Å²) in [6, 6.07) is 15.0. The minimum atomic E-state index is -0.213. The summed E-state index contributed by atoms with van der Waals surface area (Å²) in [5, 5.41) is 4.07. The van der Waals surface area contributed by atoms with Gasteiger partial charge in [-0.3, -0.25) is 4.79 Å². The first-order valence-corrected chi connectivity index (χ1v) is 8.98. The van der Waals surface area contributed by atoms with E-state index in [4.69, 9.17) is 14.0 Å². The third kappa shape index (κ3) is 3.03. The Balaban J connectivity index is 1.66. The smallest absolute Gasteiger partial charge is 0.280 e.